The molecule has 0 unspecified atom stereocenters. The number of aromatic amines is 1. The summed E-state index contributed by atoms with van der Waals surface area (Å²) in [6.45, 7) is 4.46. The van der Waals surface area contributed by atoms with Gasteiger partial charge in [-0.1, -0.05) is 18.2 Å². The summed E-state index contributed by atoms with van der Waals surface area (Å²) in [4.78, 5) is 40.9. The van der Waals surface area contributed by atoms with Crippen molar-refractivity contribution in [1.29, 1.82) is 0 Å². The topological polar surface area (TPSA) is 82.3 Å². The number of fused-ring (bicyclic) bond motifs is 1. The van der Waals surface area contributed by atoms with Crippen molar-refractivity contribution in [3.8, 4) is 0 Å². The zero-order chi connectivity index (χ0) is 18.1. The quantitative estimate of drug-likeness (QED) is 0.532. The van der Waals surface area contributed by atoms with Gasteiger partial charge < -0.3 is 15.2 Å². The van der Waals surface area contributed by atoms with E-state index in [1.807, 2.05) is 0 Å². The third-order valence-corrected chi connectivity index (χ3v) is 5.65. The molecule has 1 fully saturated rings. The Hall–Kier alpha value is -1.87. The summed E-state index contributed by atoms with van der Waals surface area (Å²) in [5.41, 5.74) is 0.470. The van der Waals surface area contributed by atoms with Gasteiger partial charge in [0.05, 0.1) is 10.5 Å². The van der Waals surface area contributed by atoms with Crippen LogP contribution in [0.3, 0.4) is 0 Å². The van der Waals surface area contributed by atoms with E-state index in [9.17, 15) is 14.4 Å². The fraction of sp³-hybridized carbons (Fsp3) is 0.235. The smallest absolute Gasteiger partial charge is 0.268 e. The Bertz CT molecular complexity index is 941. The molecule has 130 valence electrons. The number of hydrogen-bond donors (Lipinski definition) is 2. The van der Waals surface area contributed by atoms with E-state index in [-0.39, 0.29) is 29.0 Å². The molecule has 1 aromatic heterocycles. The molecule has 0 bridgehead atoms. The van der Waals surface area contributed by atoms with E-state index in [2.05, 4.69) is 39.5 Å². The number of rotatable bonds is 3. The third-order valence-electron chi connectivity index (χ3n) is 4.13. The summed E-state index contributed by atoms with van der Waals surface area (Å²) in [5.74, 6) is -0.524. The number of likely N-dealkylation sites (tertiary alicyclic amines) is 1. The predicted molar refractivity (Wildman–Crippen MR) is 105 cm³/mol. The highest BCUT2D eigenvalue weighted by Crippen LogP contribution is 2.22. The largest absolute Gasteiger partial charge is 0.350 e. The Balaban J connectivity index is 1.81. The maximum atomic E-state index is 12.5. The van der Waals surface area contributed by atoms with Gasteiger partial charge in [-0.3, -0.25) is 14.4 Å². The van der Waals surface area contributed by atoms with E-state index in [1.54, 1.807) is 17.0 Å². The molecule has 25 heavy (non-hydrogen) atoms. The summed E-state index contributed by atoms with van der Waals surface area (Å²) in [7, 11) is 0. The number of nitrogens with zero attached hydrogens (tertiary/aromatic N) is 1. The molecule has 8 heteroatoms. The predicted octanol–water partition coefficient (Wildman–Crippen LogP) is 2.30. The van der Waals surface area contributed by atoms with E-state index in [0.29, 0.717) is 35.4 Å². The standard InChI is InChI=1S/C17H15ClIN3O3/c1-2-16(24)22-4-3-9(8-22)20-17(25)14-7-15(23)10-5-11(18)12(19)6-13(10)21-14/h2,5-7,9H,1,3-4,8H2,(H,20,25)(H,21,23)/t9-/m0/s1. The van der Waals surface area contributed by atoms with Gasteiger partial charge in [0.1, 0.15) is 5.69 Å². The van der Waals surface area contributed by atoms with Crippen LogP contribution in [0.1, 0.15) is 16.9 Å². The molecule has 1 saturated heterocycles. The van der Waals surface area contributed by atoms with Crippen LogP contribution in [-0.4, -0.2) is 40.8 Å². The minimum absolute atomic E-state index is 0.151. The normalized spacial score (nSPS) is 16.9. The van der Waals surface area contributed by atoms with Crippen molar-refractivity contribution in [1.82, 2.24) is 15.2 Å². The van der Waals surface area contributed by atoms with Gasteiger partial charge in [-0.2, -0.15) is 0 Å². The molecule has 0 aliphatic carbocycles. The Morgan fingerprint density at radius 1 is 1.40 bits per heavy atom. The second-order valence-corrected chi connectivity index (χ2v) is 7.38. The molecule has 2 N–H and O–H groups in total. The molecule has 0 radical (unpaired) electrons. The van der Waals surface area contributed by atoms with Gasteiger partial charge in [0.2, 0.25) is 5.91 Å². The Kier molecular flexibility index (Phi) is 5.14. The maximum absolute atomic E-state index is 12.5. The van der Waals surface area contributed by atoms with Crippen LogP contribution in [0.25, 0.3) is 10.9 Å². The van der Waals surface area contributed by atoms with E-state index in [1.165, 1.54) is 12.1 Å². The molecule has 3 rings (SSSR count). The molecule has 1 aliphatic heterocycles. The number of hydrogen-bond acceptors (Lipinski definition) is 3. The lowest BCUT2D eigenvalue weighted by Gasteiger charge is -2.15. The van der Waals surface area contributed by atoms with Crippen LogP contribution in [-0.2, 0) is 4.79 Å². The first-order valence-electron chi connectivity index (χ1n) is 7.63. The fourth-order valence-corrected chi connectivity index (χ4v) is 3.47. The number of carbonyl (C=O) groups is 2. The molecular formula is C17H15ClIN3O3. The first kappa shape index (κ1) is 17.9. The minimum Gasteiger partial charge on any atom is -0.350 e. The van der Waals surface area contributed by atoms with Crippen molar-refractivity contribution in [3.63, 3.8) is 0 Å². The SMILES string of the molecule is C=CC(=O)N1CC[C@H](NC(=O)c2cc(=O)c3cc(Cl)c(I)cc3[nH]2)C1. The molecule has 0 spiro atoms. The van der Waals surface area contributed by atoms with Crippen molar-refractivity contribution in [2.45, 2.75) is 12.5 Å². The molecule has 1 aromatic carbocycles. The van der Waals surface area contributed by atoms with Crippen molar-refractivity contribution in [2.24, 2.45) is 0 Å². The number of H-pyrrole nitrogens is 1. The fourth-order valence-electron chi connectivity index (χ4n) is 2.84. The highest BCUT2D eigenvalue weighted by molar-refractivity contribution is 14.1. The van der Waals surface area contributed by atoms with Gasteiger partial charge in [-0.05, 0) is 47.2 Å². The summed E-state index contributed by atoms with van der Waals surface area (Å²) in [6, 6.07) is 4.44. The van der Waals surface area contributed by atoms with Crippen LogP contribution >= 0.6 is 34.2 Å². The van der Waals surface area contributed by atoms with Crippen molar-refractivity contribution in [3.05, 3.63) is 55.4 Å². The van der Waals surface area contributed by atoms with Crippen LogP contribution < -0.4 is 10.7 Å². The van der Waals surface area contributed by atoms with E-state index in [0.717, 1.165) is 3.57 Å². The Labute approximate surface area is 162 Å². The number of pyridine rings is 1. The van der Waals surface area contributed by atoms with E-state index >= 15 is 0 Å². The van der Waals surface area contributed by atoms with Crippen molar-refractivity contribution >= 4 is 56.9 Å². The molecular weight excluding hydrogens is 457 g/mol. The van der Waals surface area contributed by atoms with Crippen LogP contribution in [0, 0.1) is 3.57 Å². The van der Waals surface area contributed by atoms with Crippen molar-refractivity contribution < 1.29 is 9.59 Å². The number of amides is 2. The number of carbonyl (C=O) groups excluding carboxylic acids is 2. The summed E-state index contributed by atoms with van der Waals surface area (Å²) >= 11 is 8.11. The average molecular weight is 472 g/mol. The lowest BCUT2D eigenvalue weighted by Crippen LogP contribution is -2.38. The zero-order valence-corrected chi connectivity index (χ0v) is 16.1. The van der Waals surface area contributed by atoms with Crippen LogP contribution in [0.4, 0.5) is 0 Å². The van der Waals surface area contributed by atoms with E-state index in [4.69, 9.17) is 11.6 Å². The number of aromatic nitrogens is 1. The molecule has 2 amide bonds. The monoisotopic (exact) mass is 471 g/mol. The Morgan fingerprint density at radius 3 is 2.88 bits per heavy atom. The molecule has 6 nitrogen and oxygen atoms in total. The van der Waals surface area contributed by atoms with Crippen LogP contribution in [0.2, 0.25) is 5.02 Å². The van der Waals surface area contributed by atoms with E-state index < -0.39 is 0 Å². The molecule has 2 heterocycles. The molecule has 0 saturated carbocycles. The first-order chi connectivity index (χ1) is 11.9. The minimum atomic E-state index is -0.373. The average Bonchev–Trinajstić information content (AvgIpc) is 3.04. The van der Waals surface area contributed by atoms with Gasteiger partial charge >= 0.3 is 0 Å². The highest BCUT2D eigenvalue weighted by Gasteiger charge is 2.26. The van der Waals surface area contributed by atoms with Gasteiger partial charge in [0.25, 0.3) is 5.91 Å². The van der Waals surface area contributed by atoms with Gasteiger partial charge in [-0.15, -0.1) is 0 Å². The molecule has 2 aromatic rings. The van der Waals surface area contributed by atoms with Gasteiger partial charge in [-0.25, -0.2) is 0 Å². The highest BCUT2D eigenvalue weighted by atomic mass is 127. The first-order valence-corrected chi connectivity index (χ1v) is 9.09. The number of nitrogens with one attached hydrogen (secondary N) is 2. The lowest BCUT2D eigenvalue weighted by molar-refractivity contribution is -0.125. The second-order valence-electron chi connectivity index (χ2n) is 5.81. The third kappa shape index (κ3) is 3.72. The van der Waals surface area contributed by atoms with Gasteiger partial charge in [0.15, 0.2) is 5.43 Å². The molecule has 1 aliphatic rings. The van der Waals surface area contributed by atoms with Crippen LogP contribution in [0.5, 0.6) is 0 Å². The van der Waals surface area contributed by atoms with Crippen molar-refractivity contribution in [2.75, 3.05) is 13.1 Å². The number of halogens is 2. The zero-order valence-electron chi connectivity index (χ0n) is 13.1. The summed E-state index contributed by atoms with van der Waals surface area (Å²) < 4.78 is 0.786. The Morgan fingerprint density at radius 2 is 2.16 bits per heavy atom. The lowest BCUT2D eigenvalue weighted by atomic mass is 10.2. The van der Waals surface area contributed by atoms with Crippen LogP contribution in [0.15, 0.2) is 35.6 Å². The molecule has 1 atom stereocenters. The maximum Gasteiger partial charge on any atom is 0.268 e. The summed E-state index contributed by atoms with van der Waals surface area (Å²) in [6.07, 6.45) is 1.93. The second kappa shape index (κ2) is 7.17. The van der Waals surface area contributed by atoms with Gasteiger partial charge in [0, 0.05) is 34.2 Å². The number of benzene rings is 1. The summed E-state index contributed by atoms with van der Waals surface area (Å²) in [5, 5.41) is 3.79.